The van der Waals surface area contributed by atoms with Crippen molar-refractivity contribution in [2.45, 2.75) is 33.2 Å². The van der Waals surface area contributed by atoms with Crippen LogP contribution in [0.3, 0.4) is 0 Å². The fourth-order valence-corrected chi connectivity index (χ4v) is 3.17. The van der Waals surface area contributed by atoms with E-state index in [0.717, 1.165) is 16.9 Å². The number of carbonyl (C=O) groups excluding carboxylic acids is 2. The number of hydrogen-bond donors (Lipinski definition) is 2. The third kappa shape index (κ3) is 3.50. The topological polar surface area (TPSA) is 61.4 Å². The van der Waals surface area contributed by atoms with E-state index >= 15 is 0 Å². The second-order valence-corrected chi connectivity index (χ2v) is 6.48. The highest BCUT2D eigenvalue weighted by Gasteiger charge is 2.29. The van der Waals surface area contributed by atoms with Crippen LogP contribution in [0.1, 0.15) is 24.5 Å². The average molecular weight is 337 g/mol. The van der Waals surface area contributed by atoms with Gasteiger partial charge in [-0.15, -0.1) is 0 Å². The van der Waals surface area contributed by atoms with Crippen molar-refractivity contribution < 1.29 is 9.59 Å². The summed E-state index contributed by atoms with van der Waals surface area (Å²) < 4.78 is 0. The number of fused-ring (bicyclic) bond motifs is 1. The van der Waals surface area contributed by atoms with E-state index in [1.807, 2.05) is 63.2 Å². The van der Waals surface area contributed by atoms with Crippen molar-refractivity contribution in [3.63, 3.8) is 0 Å². The smallest absolute Gasteiger partial charge is 0.246 e. The highest BCUT2D eigenvalue weighted by Crippen LogP contribution is 2.31. The molecule has 0 bridgehead atoms. The van der Waals surface area contributed by atoms with Crippen LogP contribution in [-0.4, -0.2) is 24.4 Å². The molecule has 3 rings (SSSR count). The molecule has 0 aromatic heterocycles. The summed E-state index contributed by atoms with van der Waals surface area (Å²) in [6.45, 7) is 6.16. The molecule has 0 saturated heterocycles. The molecular weight excluding hydrogens is 314 g/mol. The van der Waals surface area contributed by atoms with E-state index in [0.29, 0.717) is 5.69 Å². The number of para-hydroxylation sites is 2. The molecule has 0 aliphatic carbocycles. The lowest BCUT2D eigenvalue weighted by atomic mass is 10.1. The Bertz CT molecular complexity index is 816. The third-order valence-corrected chi connectivity index (χ3v) is 4.66. The first-order valence-corrected chi connectivity index (χ1v) is 8.48. The van der Waals surface area contributed by atoms with Gasteiger partial charge in [0.25, 0.3) is 0 Å². The van der Waals surface area contributed by atoms with Crippen LogP contribution in [0.5, 0.6) is 0 Å². The summed E-state index contributed by atoms with van der Waals surface area (Å²) in [7, 11) is 0. The summed E-state index contributed by atoms with van der Waals surface area (Å²) >= 11 is 0. The number of rotatable bonds is 3. The Morgan fingerprint density at radius 1 is 1.20 bits per heavy atom. The summed E-state index contributed by atoms with van der Waals surface area (Å²) in [5.74, 6) is -0.130. The molecule has 25 heavy (non-hydrogen) atoms. The van der Waals surface area contributed by atoms with Crippen molar-refractivity contribution in [3.8, 4) is 0 Å². The number of carbonyl (C=O) groups is 2. The van der Waals surface area contributed by atoms with Crippen LogP contribution in [0.15, 0.2) is 42.5 Å². The van der Waals surface area contributed by atoms with Gasteiger partial charge in [0.05, 0.1) is 17.9 Å². The Balaban J connectivity index is 1.83. The van der Waals surface area contributed by atoms with Crippen LogP contribution in [0.25, 0.3) is 0 Å². The predicted octanol–water partition coefficient (Wildman–Crippen LogP) is 3.48. The average Bonchev–Trinajstić information content (AvgIpc) is 2.70. The fraction of sp³-hybridized carbons (Fsp3) is 0.300. The predicted molar refractivity (Wildman–Crippen MR) is 101 cm³/mol. The molecule has 2 aromatic carbocycles. The molecule has 5 heteroatoms. The normalized spacial score (nSPS) is 16.7. The third-order valence-electron chi connectivity index (χ3n) is 4.66. The van der Waals surface area contributed by atoms with E-state index < -0.39 is 0 Å². The highest BCUT2D eigenvalue weighted by molar-refractivity contribution is 6.05. The number of anilines is 3. The molecular formula is C20H23N3O2. The molecule has 1 aliphatic heterocycles. The van der Waals surface area contributed by atoms with E-state index in [-0.39, 0.29) is 30.8 Å². The molecule has 2 amide bonds. The van der Waals surface area contributed by atoms with Gasteiger partial charge >= 0.3 is 0 Å². The first kappa shape index (κ1) is 17.0. The van der Waals surface area contributed by atoms with Gasteiger partial charge in [0.2, 0.25) is 11.8 Å². The molecule has 0 spiro atoms. The Morgan fingerprint density at radius 2 is 1.96 bits per heavy atom. The van der Waals surface area contributed by atoms with Gasteiger partial charge in [0, 0.05) is 18.2 Å². The SMILES string of the molecule is Cc1cccc(NCC(=O)N2c3ccccc3NC(=O)C[C@H]2C)c1C. The first-order valence-electron chi connectivity index (χ1n) is 8.48. The second kappa shape index (κ2) is 6.97. The minimum absolute atomic E-state index is 0.0580. The van der Waals surface area contributed by atoms with Crippen LogP contribution >= 0.6 is 0 Å². The van der Waals surface area contributed by atoms with Crippen molar-refractivity contribution >= 4 is 28.9 Å². The lowest BCUT2D eigenvalue weighted by molar-refractivity contribution is -0.118. The van der Waals surface area contributed by atoms with Crippen LogP contribution in [0.2, 0.25) is 0 Å². The highest BCUT2D eigenvalue weighted by atomic mass is 16.2. The molecule has 0 saturated carbocycles. The van der Waals surface area contributed by atoms with Crippen molar-refractivity contribution in [1.82, 2.24) is 0 Å². The van der Waals surface area contributed by atoms with Crippen molar-refractivity contribution in [2.75, 3.05) is 22.1 Å². The zero-order chi connectivity index (χ0) is 18.0. The van der Waals surface area contributed by atoms with Gasteiger partial charge in [0.1, 0.15) is 0 Å². The molecule has 1 atom stereocenters. The van der Waals surface area contributed by atoms with Gasteiger partial charge in [0.15, 0.2) is 0 Å². The Hall–Kier alpha value is -2.82. The van der Waals surface area contributed by atoms with Gasteiger partial charge in [-0.2, -0.15) is 0 Å². The lowest BCUT2D eigenvalue weighted by Gasteiger charge is -2.28. The molecule has 1 heterocycles. The minimum atomic E-state index is -0.198. The van der Waals surface area contributed by atoms with Gasteiger partial charge in [-0.05, 0) is 50.1 Å². The summed E-state index contributed by atoms with van der Waals surface area (Å²) in [4.78, 5) is 26.7. The Morgan fingerprint density at radius 3 is 2.76 bits per heavy atom. The van der Waals surface area contributed by atoms with Crippen molar-refractivity contribution in [3.05, 3.63) is 53.6 Å². The van der Waals surface area contributed by atoms with E-state index in [1.54, 1.807) is 4.90 Å². The monoisotopic (exact) mass is 337 g/mol. The molecule has 130 valence electrons. The molecule has 2 aromatic rings. The molecule has 0 radical (unpaired) electrons. The van der Waals surface area contributed by atoms with Crippen LogP contribution in [0, 0.1) is 13.8 Å². The summed E-state index contributed by atoms with van der Waals surface area (Å²) in [5, 5.41) is 6.11. The molecule has 0 unspecified atom stereocenters. The number of amides is 2. The summed E-state index contributed by atoms with van der Waals surface area (Å²) in [5.41, 5.74) is 4.70. The first-order chi connectivity index (χ1) is 12.0. The summed E-state index contributed by atoms with van der Waals surface area (Å²) in [6.07, 6.45) is 0.282. The Labute approximate surface area is 148 Å². The van der Waals surface area contributed by atoms with E-state index in [2.05, 4.69) is 10.6 Å². The Kier molecular flexibility index (Phi) is 4.74. The number of nitrogens with one attached hydrogen (secondary N) is 2. The lowest BCUT2D eigenvalue weighted by Crippen LogP contribution is -2.42. The number of aryl methyl sites for hydroxylation is 1. The number of benzene rings is 2. The molecule has 2 N–H and O–H groups in total. The number of nitrogens with zero attached hydrogens (tertiary/aromatic N) is 1. The van der Waals surface area contributed by atoms with Crippen LogP contribution in [-0.2, 0) is 9.59 Å². The maximum atomic E-state index is 12.9. The maximum absolute atomic E-state index is 12.9. The second-order valence-electron chi connectivity index (χ2n) is 6.48. The zero-order valence-electron chi connectivity index (χ0n) is 14.8. The molecule has 0 fully saturated rings. The van der Waals surface area contributed by atoms with Gasteiger partial charge in [-0.3, -0.25) is 9.59 Å². The maximum Gasteiger partial charge on any atom is 0.246 e. The largest absolute Gasteiger partial charge is 0.376 e. The standard InChI is InChI=1S/C20H23N3O2/c1-13-7-6-9-16(15(13)3)21-12-20(25)23-14(2)11-19(24)22-17-8-4-5-10-18(17)23/h4-10,14,21H,11-12H2,1-3H3,(H,22,24)/t14-/m1/s1. The number of hydrogen-bond acceptors (Lipinski definition) is 3. The molecule has 5 nitrogen and oxygen atoms in total. The van der Waals surface area contributed by atoms with Crippen molar-refractivity contribution in [2.24, 2.45) is 0 Å². The van der Waals surface area contributed by atoms with Crippen LogP contribution in [0.4, 0.5) is 17.1 Å². The van der Waals surface area contributed by atoms with E-state index in [4.69, 9.17) is 0 Å². The van der Waals surface area contributed by atoms with Gasteiger partial charge < -0.3 is 15.5 Å². The zero-order valence-corrected chi connectivity index (χ0v) is 14.8. The van der Waals surface area contributed by atoms with Crippen molar-refractivity contribution in [1.29, 1.82) is 0 Å². The quantitative estimate of drug-likeness (QED) is 0.901. The fourth-order valence-electron chi connectivity index (χ4n) is 3.17. The van der Waals surface area contributed by atoms with Gasteiger partial charge in [-0.1, -0.05) is 24.3 Å². The minimum Gasteiger partial charge on any atom is -0.376 e. The summed E-state index contributed by atoms with van der Waals surface area (Å²) in [6, 6.07) is 13.2. The van der Waals surface area contributed by atoms with E-state index in [1.165, 1.54) is 5.56 Å². The molecule has 1 aliphatic rings. The van der Waals surface area contributed by atoms with Crippen LogP contribution < -0.4 is 15.5 Å². The van der Waals surface area contributed by atoms with E-state index in [9.17, 15) is 9.59 Å². The van der Waals surface area contributed by atoms with Gasteiger partial charge in [-0.25, -0.2) is 0 Å².